The van der Waals surface area contributed by atoms with E-state index in [0.29, 0.717) is 6.92 Å². The smallest absolute Gasteiger partial charge is 0.367 e. The molecule has 0 aromatic carbocycles. The van der Waals surface area contributed by atoms with Gasteiger partial charge in [0.05, 0.1) is 0 Å². The molecule has 0 aliphatic carbocycles. The normalized spacial score (nSPS) is 15.1. The molecule has 0 amide bonds. The van der Waals surface area contributed by atoms with Crippen LogP contribution in [0.25, 0.3) is 0 Å². The van der Waals surface area contributed by atoms with Crippen molar-refractivity contribution in [1.29, 1.82) is 0 Å². The van der Waals surface area contributed by atoms with Crippen molar-refractivity contribution in [3.05, 3.63) is 0 Å². The molecular formula is C10H8F12O2. The Hall–Kier alpha value is -1.21. The van der Waals surface area contributed by atoms with Crippen LogP contribution in [0.2, 0.25) is 0 Å². The van der Waals surface area contributed by atoms with Crippen LogP contribution in [0.4, 0.5) is 52.7 Å². The summed E-state index contributed by atoms with van der Waals surface area (Å²) in [6.07, 6.45) is -5.54. The lowest BCUT2D eigenvalue weighted by Crippen LogP contribution is -2.69. The van der Waals surface area contributed by atoms with E-state index in [9.17, 15) is 57.5 Å². The zero-order valence-electron chi connectivity index (χ0n) is 11.3. The topological polar surface area (TPSA) is 26.3 Å². The number of hydrogen-bond donors (Lipinski definition) is 0. The zero-order valence-corrected chi connectivity index (χ0v) is 11.3. The van der Waals surface area contributed by atoms with Gasteiger partial charge in [0.1, 0.15) is 13.2 Å². The van der Waals surface area contributed by atoms with Gasteiger partial charge in [-0.3, -0.25) is 4.79 Å². The number of rotatable bonds is 9. The van der Waals surface area contributed by atoms with E-state index in [2.05, 4.69) is 4.74 Å². The van der Waals surface area contributed by atoms with Gasteiger partial charge in [0.2, 0.25) is 0 Å². The fourth-order valence-corrected chi connectivity index (χ4v) is 1.19. The van der Waals surface area contributed by atoms with Crippen LogP contribution in [0.3, 0.4) is 0 Å². The maximum absolute atomic E-state index is 13.1. The summed E-state index contributed by atoms with van der Waals surface area (Å²) in [6.45, 7) is -3.34. The largest absolute Gasteiger partial charge is 0.384 e. The third-order valence-corrected chi connectivity index (χ3v) is 2.53. The van der Waals surface area contributed by atoms with E-state index >= 15 is 0 Å². The van der Waals surface area contributed by atoms with E-state index in [-0.39, 0.29) is 0 Å². The van der Waals surface area contributed by atoms with Crippen LogP contribution in [0.15, 0.2) is 0 Å². The highest BCUT2D eigenvalue weighted by Crippen LogP contribution is 2.58. The van der Waals surface area contributed by atoms with Gasteiger partial charge in [-0.1, -0.05) is 0 Å². The molecular weight excluding hydrogens is 380 g/mol. The molecule has 0 aromatic heterocycles. The lowest BCUT2D eigenvalue weighted by atomic mass is 9.94. The summed E-state index contributed by atoms with van der Waals surface area (Å²) in [5.74, 6) is -36.6. The number of Topliss-reactive ketones (excluding diaryl/α,β-unsaturated/α-hetero) is 1. The van der Waals surface area contributed by atoms with Gasteiger partial charge in [0.15, 0.2) is 5.78 Å². The molecule has 24 heavy (non-hydrogen) atoms. The lowest BCUT2D eigenvalue weighted by molar-refractivity contribution is -0.415. The molecule has 0 aliphatic rings. The van der Waals surface area contributed by atoms with Crippen LogP contribution >= 0.6 is 0 Å². The minimum Gasteiger partial charge on any atom is -0.367 e. The van der Waals surface area contributed by atoms with Crippen molar-refractivity contribution in [2.24, 2.45) is 0 Å². The van der Waals surface area contributed by atoms with Gasteiger partial charge in [-0.05, 0) is 6.92 Å². The van der Waals surface area contributed by atoms with Crippen LogP contribution < -0.4 is 0 Å². The summed E-state index contributed by atoms with van der Waals surface area (Å²) >= 11 is 0. The van der Waals surface area contributed by atoms with E-state index in [1.54, 1.807) is 0 Å². The van der Waals surface area contributed by atoms with Gasteiger partial charge in [-0.2, -0.15) is 43.9 Å². The lowest BCUT2D eigenvalue weighted by Gasteiger charge is -2.39. The number of carbonyl (C=O) groups excluding carboxylic acids is 1. The standard InChI is InChI=1S/C10H8F12O2/c1-4(23)2-24-3-6(13,14)8(17,18)10(21,22)9(19,20)7(15,16)5(11)12/h5H,2-3H2,1H3. The van der Waals surface area contributed by atoms with Gasteiger partial charge < -0.3 is 4.74 Å². The SMILES string of the molecule is CC(=O)COCC(F)(F)C(F)(F)C(F)(F)C(F)(F)C(F)(F)C(F)F. The second kappa shape index (κ2) is 6.59. The summed E-state index contributed by atoms with van der Waals surface area (Å²) in [7, 11) is 0. The minimum absolute atomic E-state index is 0.697. The van der Waals surface area contributed by atoms with Gasteiger partial charge in [0.25, 0.3) is 0 Å². The summed E-state index contributed by atoms with van der Waals surface area (Å²) in [5, 5.41) is 0. The van der Waals surface area contributed by atoms with Gasteiger partial charge in [-0.25, -0.2) is 8.78 Å². The number of ketones is 1. The third kappa shape index (κ3) is 3.57. The van der Waals surface area contributed by atoms with Gasteiger partial charge >= 0.3 is 36.0 Å². The van der Waals surface area contributed by atoms with Crippen molar-refractivity contribution < 1.29 is 62.2 Å². The molecule has 0 rings (SSSR count). The van der Waals surface area contributed by atoms with E-state index in [1.807, 2.05) is 0 Å². The molecule has 0 bridgehead atoms. The highest BCUT2D eigenvalue weighted by molar-refractivity contribution is 5.76. The average molecular weight is 388 g/mol. The molecule has 144 valence electrons. The highest BCUT2D eigenvalue weighted by Gasteiger charge is 2.87. The number of hydrogen-bond acceptors (Lipinski definition) is 2. The number of ether oxygens (including phenoxy) is 1. The Kier molecular flexibility index (Phi) is 6.26. The van der Waals surface area contributed by atoms with Crippen LogP contribution in [0.1, 0.15) is 6.92 Å². The molecule has 14 heteroatoms. The second-order valence-corrected chi connectivity index (χ2v) is 4.55. The first-order valence-electron chi connectivity index (χ1n) is 5.60. The molecule has 2 nitrogen and oxygen atoms in total. The maximum atomic E-state index is 13.1. The molecule has 0 fully saturated rings. The summed E-state index contributed by atoms with van der Waals surface area (Å²) in [6, 6.07) is 0. The predicted molar refractivity (Wildman–Crippen MR) is 52.2 cm³/mol. The van der Waals surface area contributed by atoms with Crippen molar-refractivity contribution >= 4 is 5.78 Å². The summed E-state index contributed by atoms with van der Waals surface area (Å²) in [4.78, 5) is 10.3. The first-order chi connectivity index (χ1) is 10.4. The average Bonchev–Trinajstić information content (AvgIpc) is 2.36. The Labute approximate surface area is 125 Å². The monoisotopic (exact) mass is 388 g/mol. The number of alkyl halides is 12. The third-order valence-electron chi connectivity index (χ3n) is 2.53. The number of carbonyl (C=O) groups is 1. The fraction of sp³-hybridized carbons (Fsp3) is 0.900. The van der Waals surface area contributed by atoms with E-state index in [4.69, 9.17) is 0 Å². The Bertz CT molecular complexity index is 459. The Morgan fingerprint density at radius 2 is 1.25 bits per heavy atom. The van der Waals surface area contributed by atoms with E-state index in [0.717, 1.165) is 0 Å². The maximum Gasteiger partial charge on any atom is 0.384 e. The quantitative estimate of drug-likeness (QED) is 0.558. The van der Waals surface area contributed by atoms with Crippen molar-refractivity contribution in [2.45, 2.75) is 43.0 Å². The van der Waals surface area contributed by atoms with Gasteiger partial charge in [0, 0.05) is 0 Å². The van der Waals surface area contributed by atoms with Crippen LogP contribution in [-0.4, -0.2) is 55.0 Å². The molecule has 0 aliphatic heterocycles. The second-order valence-electron chi connectivity index (χ2n) is 4.55. The van der Waals surface area contributed by atoms with Crippen LogP contribution in [0.5, 0.6) is 0 Å². The van der Waals surface area contributed by atoms with Crippen molar-refractivity contribution in [2.75, 3.05) is 13.2 Å². The van der Waals surface area contributed by atoms with E-state index < -0.39 is 55.0 Å². The summed E-state index contributed by atoms with van der Waals surface area (Å²) in [5.41, 5.74) is 0. The minimum atomic E-state index is -7.58. The zero-order chi connectivity index (χ0) is 19.8. The first kappa shape index (κ1) is 22.8. The first-order valence-corrected chi connectivity index (χ1v) is 5.60. The van der Waals surface area contributed by atoms with Crippen molar-refractivity contribution in [3.63, 3.8) is 0 Å². The van der Waals surface area contributed by atoms with E-state index in [1.165, 1.54) is 0 Å². The van der Waals surface area contributed by atoms with Crippen molar-refractivity contribution in [3.8, 4) is 0 Å². The molecule has 0 heterocycles. The Morgan fingerprint density at radius 3 is 1.58 bits per heavy atom. The van der Waals surface area contributed by atoms with Gasteiger partial charge in [-0.15, -0.1) is 0 Å². The molecule has 0 saturated heterocycles. The molecule has 0 unspecified atom stereocenters. The Balaban J connectivity index is 5.76. The van der Waals surface area contributed by atoms with Crippen LogP contribution in [-0.2, 0) is 9.53 Å². The molecule has 0 aromatic rings. The van der Waals surface area contributed by atoms with Crippen LogP contribution in [0, 0.1) is 0 Å². The number of halogens is 12. The fourth-order valence-electron chi connectivity index (χ4n) is 1.19. The molecule has 0 saturated carbocycles. The molecule has 0 radical (unpaired) electrons. The molecule has 0 N–H and O–H groups in total. The molecule has 0 atom stereocenters. The summed E-state index contributed by atoms with van der Waals surface area (Å²) < 4.78 is 156. The Morgan fingerprint density at radius 1 is 0.833 bits per heavy atom. The van der Waals surface area contributed by atoms with Crippen molar-refractivity contribution in [1.82, 2.24) is 0 Å². The highest BCUT2D eigenvalue weighted by atomic mass is 19.4. The molecule has 0 spiro atoms. The predicted octanol–water partition coefficient (Wildman–Crippen LogP) is 4.03.